The number of alkyl halides is 1. The zero-order valence-corrected chi connectivity index (χ0v) is 7.22. The minimum Gasteiger partial charge on any atom is -0.480 e. The van der Waals surface area contributed by atoms with Gasteiger partial charge < -0.3 is 5.11 Å². The molecule has 0 amide bonds. The number of likely N-dealkylation sites (tertiary alicyclic amines) is 1. The normalized spacial score (nSPS) is 23.8. The van der Waals surface area contributed by atoms with Gasteiger partial charge in [-0.3, -0.25) is 9.69 Å². The Kier molecular flexibility index (Phi) is 2.67. The number of nitrogens with zero attached hydrogens (tertiary/aromatic N) is 1. The largest absolute Gasteiger partial charge is 0.480 e. The van der Waals surface area contributed by atoms with E-state index >= 15 is 0 Å². The van der Waals surface area contributed by atoms with E-state index in [1.165, 1.54) is 0 Å². The fourth-order valence-corrected chi connectivity index (χ4v) is 1.37. The molecule has 1 fully saturated rings. The molecule has 0 saturated carbocycles. The topological polar surface area (TPSA) is 40.5 Å². The van der Waals surface area contributed by atoms with Gasteiger partial charge in [-0.1, -0.05) is 0 Å². The first kappa shape index (κ1) is 9.45. The van der Waals surface area contributed by atoms with E-state index in [9.17, 15) is 9.18 Å². The Morgan fingerprint density at radius 1 is 1.58 bits per heavy atom. The Morgan fingerprint density at radius 3 is 2.50 bits per heavy atom. The van der Waals surface area contributed by atoms with Crippen molar-refractivity contribution < 1.29 is 14.3 Å². The number of hydrogen-bond donors (Lipinski definition) is 1. The van der Waals surface area contributed by atoms with Crippen LogP contribution >= 0.6 is 0 Å². The van der Waals surface area contributed by atoms with Gasteiger partial charge in [0.15, 0.2) is 0 Å². The van der Waals surface area contributed by atoms with E-state index in [1.54, 1.807) is 11.8 Å². The highest BCUT2D eigenvalue weighted by atomic mass is 19.1. The zero-order valence-electron chi connectivity index (χ0n) is 7.22. The number of rotatable bonds is 2. The molecule has 1 heterocycles. The lowest BCUT2D eigenvalue weighted by Crippen LogP contribution is -2.42. The molecule has 1 N–H and O–H groups in total. The predicted octanol–water partition coefficient (Wildman–Crippen LogP) is 0.895. The third kappa shape index (κ3) is 2.77. The van der Waals surface area contributed by atoms with Crippen molar-refractivity contribution in [3.63, 3.8) is 0 Å². The molecule has 0 atom stereocenters. The Bertz CT molecular complexity index is 172. The van der Waals surface area contributed by atoms with Crippen molar-refractivity contribution >= 4 is 5.97 Å². The summed E-state index contributed by atoms with van der Waals surface area (Å²) in [6.45, 7) is 2.72. The minimum absolute atomic E-state index is 0.0378. The van der Waals surface area contributed by atoms with E-state index in [1.807, 2.05) is 0 Å². The fourth-order valence-electron chi connectivity index (χ4n) is 1.37. The van der Waals surface area contributed by atoms with Gasteiger partial charge in [-0.2, -0.15) is 0 Å². The van der Waals surface area contributed by atoms with Gasteiger partial charge >= 0.3 is 5.97 Å². The molecule has 1 saturated heterocycles. The quantitative estimate of drug-likeness (QED) is 0.677. The Labute approximate surface area is 71.2 Å². The highest BCUT2D eigenvalue weighted by molar-refractivity contribution is 5.69. The van der Waals surface area contributed by atoms with Crippen molar-refractivity contribution in [3.05, 3.63) is 0 Å². The number of carboxylic acid groups (broad SMARTS) is 1. The van der Waals surface area contributed by atoms with Crippen LogP contribution in [0.25, 0.3) is 0 Å². The second-order valence-corrected chi connectivity index (χ2v) is 3.58. The predicted molar refractivity (Wildman–Crippen MR) is 42.8 cm³/mol. The third-order valence-electron chi connectivity index (χ3n) is 2.26. The van der Waals surface area contributed by atoms with Crippen LogP contribution in [0.5, 0.6) is 0 Å². The number of carboxylic acids is 1. The molecule has 0 aromatic rings. The molecule has 1 aliphatic heterocycles. The zero-order chi connectivity index (χ0) is 9.19. The van der Waals surface area contributed by atoms with Gasteiger partial charge in [-0.15, -0.1) is 0 Å². The van der Waals surface area contributed by atoms with Gasteiger partial charge in [0.05, 0.1) is 6.54 Å². The van der Waals surface area contributed by atoms with Crippen LogP contribution in [0, 0.1) is 0 Å². The molecular weight excluding hydrogens is 161 g/mol. The van der Waals surface area contributed by atoms with Crippen molar-refractivity contribution in [2.24, 2.45) is 0 Å². The van der Waals surface area contributed by atoms with E-state index in [0.717, 1.165) is 0 Å². The molecule has 1 rings (SSSR count). The van der Waals surface area contributed by atoms with E-state index in [-0.39, 0.29) is 6.54 Å². The minimum atomic E-state index is -1.09. The standard InChI is InChI=1S/C8H14FNO2/c1-8(9)2-4-10(5-3-8)6-7(11)12/h2-6H2,1H3,(H,11,12). The smallest absolute Gasteiger partial charge is 0.317 e. The average molecular weight is 175 g/mol. The number of carbonyl (C=O) groups is 1. The van der Waals surface area contributed by atoms with Crippen molar-refractivity contribution in [3.8, 4) is 0 Å². The van der Waals surface area contributed by atoms with Gasteiger partial charge in [0.25, 0.3) is 0 Å². The van der Waals surface area contributed by atoms with E-state index < -0.39 is 11.6 Å². The molecule has 0 spiro atoms. The SMILES string of the molecule is CC1(F)CCN(CC(=O)O)CC1. The van der Waals surface area contributed by atoms with Crippen molar-refractivity contribution in [2.45, 2.75) is 25.4 Å². The highest BCUT2D eigenvalue weighted by Crippen LogP contribution is 2.24. The number of piperidine rings is 1. The van der Waals surface area contributed by atoms with Crippen LogP contribution in [0.3, 0.4) is 0 Å². The molecule has 3 nitrogen and oxygen atoms in total. The first-order chi connectivity index (χ1) is 5.49. The van der Waals surface area contributed by atoms with Crippen LogP contribution in [0.1, 0.15) is 19.8 Å². The van der Waals surface area contributed by atoms with Gasteiger partial charge in [0.1, 0.15) is 5.67 Å². The van der Waals surface area contributed by atoms with E-state index in [4.69, 9.17) is 5.11 Å². The molecule has 1 aliphatic rings. The first-order valence-electron chi connectivity index (χ1n) is 4.13. The summed E-state index contributed by atoms with van der Waals surface area (Å²) < 4.78 is 13.2. The summed E-state index contributed by atoms with van der Waals surface area (Å²) in [5.41, 5.74) is -1.09. The molecule has 0 unspecified atom stereocenters. The number of halogens is 1. The summed E-state index contributed by atoms with van der Waals surface area (Å²) in [5, 5.41) is 8.46. The summed E-state index contributed by atoms with van der Waals surface area (Å²) in [7, 11) is 0. The van der Waals surface area contributed by atoms with Crippen LogP contribution in [-0.4, -0.2) is 41.3 Å². The Hall–Kier alpha value is -0.640. The maximum atomic E-state index is 13.2. The van der Waals surface area contributed by atoms with Crippen LogP contribution in [0.15, 0.2) is 0 Å². The lowest BCUT2D eigenvalue weighted by molar-refractivity contribution is -0.139. The van der Waals surface area contributed by atoms with E-state index in [0.29, 0.717) is 25.9 Å². The molecule has 4 heteroatoms. The lowest BCUT2D eigenvalue weighted by atomic mass is 9.96. The maximum absolute atomic E-state index is 13.2. The van der Waals surface area contributed by atoms with Crippen LogP contribution in [0.4, 0.5) is 4.39 Å². The lowest BCUT2D eigenvalue weighted by Gasteiger charge is -2.32. The highest BCUT2D eigenvalue weighted by Gasteiger charge is 2.29. The molecular formula is C8H14FNO2. The first-order valence-corrected chi connectivity index (χ1v) is 4.13. The molecule has 0 aromatic carbocycles. The maximum Gasteiger partial charge on any atom is 0.317 e. The van der Waals surface area contributed by atoms with Crippen LogP contribution in [0.2, 0.25) is 0 Å². The second kappa shape index (κ2) is 3.39. The fraction of sp³-hybridized carbons (Fsp3) is 0.875. The summed E-state index contributed by atoms with van der Waals surface area (Å²) in [6, 6.07) is 0. The number of hydrogen-bond acceptors (Lipinski definition) is 2. The van der Waals surface area contributed by atoms with Gasteiger partial charge in [0, 0.05) is 13.1 Å². The van der Waals surface area contributed by atoms with E-state index in [2.05, 4.69) is 0 Å². The number of aliphatic carboxylic acids is 1. The van der Waals surface area contributed by atoms with Gasteiger partial charge in [0.2, 0.25) is 0 Å². The average Bonchev–Trinajstić information content (AvgIpc) is 1.93. The third-order valence-corrected chi connectivity index (χ3v) is 2.26. The summed E-state index contributed by atoms with van der Waals surface area (Å²) in [5.74, 6) is -0.836. The van der Waals surface area contributed by atoms with Gasteiger partial charge in [-0.05, 0) is 19.8 Å². The molecule has 12 heavy (non-hydrogen) atoms. The second-order valence-electron chi connectivity index (χ2n) is 3.58. The molecule has 0 aromatic heterocycles. The van der Waals surface area contributed by atoms with Crippen molar-refractivity contribution in [2.75, 3.05) is 19.6 Å². The summed E-state index contributed by atoms with van der Waals surface area (Å²) >= 11 is 0. The van der Waals surface area contributed by atoms with Crippen molar-refractivity contribution in [1.82, 2.24) is 4.90 Å². The Balaban J connectivity index is 2.31. The van der Waals surface area contributed by atoms with Crippen LogP contribution in [-0.2, 0) is 4.79 Å². The molecule has 0 aliphatic carbocycles. The summed E-state index contributed by atoms with van der Waals surface area (Å²) in [4.78, 5) is 12.1. The molecule has 0 radical (unpaired) electrons. The summed E-state index contributed by atoms with van der Waals surface area (Å²) in [6.07, 6.45) is 0.889. The van der Waals surface area contributed by atoms with Crippen LogP contribution < -0.4 is 0 Å². The van der Waals surface area contributed by atoms with Crippen molar-refractivity contribution in [1.29, 1.82) is 0 Å². The van der Waals surface area contributed by atoms with Gasteiger partial charge in [-0.25, -0.2) is 4.39 Å². The molecule has 70 valence electrons. The Morgan fingerprint density at radius 2 is 2.08 bits per heavy atom. The monoisotopic (exact) mass is 175 g/mol. The molecule has 0 bridgehead atoms.